The molecule has 4 rings (SSSR count). The number of methoxy groups -OCH3 is 2. The lowest BCUT2D eigenvalue weighted by molar-refractivity contribution is -0.169. The molecule has 0 spiro atoms. The fourth-order valence-corrected chi connectivity index (χ4v) is 5.61. The average Bonchev–Trinajstić information content (AvgIpc) is 3.58. The monoisotopic (exact) mass is 637 g/mol. The van der Waals surface area contributed by atoms with Crippen LogP contribution in [0.5, 0.6) is 17.2 Å². The molecule has 13 heteroatoms. The van der Waals surface area contributed by atoms with Gasteiger partial charge in [0.2, 0.25) is 0 Å². The van der Waals surface area contributed by atoms with E-state index in [2.05, 4.69) is 9.89 Å². The van der Waals surface area contributed by atoms with Crippen LogP contribution in [0.2, 0.25) is 0 Å². The van der Waals surface area contributed by atoms with E-state index in [0.29, 0.717) is 24.5 Å². The van der Waals surface area contributed by atoms with Crippen LogP contribution in [-0.4, -0.2) is 81.8 Å². The molecule has 1 fully saturated rings. The minimum atomic E-state index is -5.31. The first-order valence-corrected chi connectivity index (χ1v) is 14.7. The van der Waals surface area contributed by atoms with Crippen LogP contribution in [0.3, 0.4) is 0 Å². The Kier molecular flexibility index (Phi) is 10.0. The summed E-state index contributed by atoms with van der Waals surface area (Å²) in [7, 11) is 3.20. The highest BCUT2D eigenvalue weighted by Gasteiger charge is 2.42. The van der Waals surface area contributed by atoms with Crippen molar-refractivity contribution in [1.29, 1.82) is 0 Å². The number of aliphatic imine (C=N–C) groups is 1. The number of carbonyl (C=O) groups excluding carboxylic acids is 2. The molecule has 2 aliphatic heterocycles. The van der Waals surface area contributed by atoms with Gasteiger partial charge in [0.1, 0.15) is 11.6 Å². The zero-order chi connectivity index (χ0) is 33.3. The van der Waals surface area contributed by atoms with Crippen molar-refractivity contribution in [1.82, 2.24) is 4.90 Å². The Bertz CT molecular complexity index is 1480. The molecule has 1 atom stereocenters. The van der Waals surface area contributed by atoms with Crippen LogP contribution in [0, 0.1) is 5.82 Å². The summed E-state index contributed by atoms with van der Waals surface area (Å²) in [5, 5.41) is 0. The summed E-state index contributed by atoms with van der Waals surface area (Å²) < 4.78 is 78.3. The van der Waals surface area contributed by atoms with E-state index in [0.717, 1.165) is 12.0 Å². The molecule has 2 aliphatic rings. The van der Waals surface area contributed by atoms with Gasteiger partial charge in [0.25, 0.3) is 0 Å². The molecule has 0 radical (unpaired) electrons. The Morgan fingerprint density at radius 1 is 1.02 bits per heavy atom. The predicted octanol–water partition coefficient (Wildman–Crippen LogP) is 5.69. The Balaban J connectivity index is 1.80. The minimum Gasteiger partial charge on any atom is -0.494 e. The summed E-state index contributed by atoms with van der Waals surface area (Å²) in [6.45, 7) is 10.0. The van der Waals surface area contributed by atoms with E-state index in [4.69, 9.17) is 18.9 Å². The van der Waals surface area contributed by atoms with Crippen LogP contribution < -0.4 is 19.1 Å². The Labute approximate surface area is 260 Å². The van der Waals surface area contributed by atoms with Gasteiger partial charge >= 0.3 is 12.1 Å². The molecule has 0 aromatic heterocycles. The maximum absolute atomic E-state index is 15.9. The number of halogens is 4. The molecule has 0 saturated carbocycles. The van der Waals surface area contributed by atoms with Crippen molar-refractivity contribution in [2.45, 2.75) is 65.3 Å². The van der Waals surface area contributed by atoms with Gasteiger partial charge in [-0.05, 0) is 49.4 Å². The maximum atomic E-state index is 15.9. The van der Waals surface area contributed by atoms with E-state index < -0.39 is 41.5 Å². The van der Waals surface area contributed by atoms with Crippen molar-refractivity contribution in [3.05, 3.63) is 46.3 Å². The molecule has 246 valence electrons. The third-order valence-corrected chi connectivity index (χ3v) is 7.75. The van der Waals surface area contributed by atoms with Gasteiger partial charge in [-0.1, -0.05) is 20.8 Å². The van der Waals surface area contributed by atoms with Gasteiger partial charge in [0.15, 0.2) is 23.1 Å². The summed E-state index contributed by atoms with van der Waals surface area (Å²) in [5.41, 5.74) is 1.13. The quantitative estimate of drug-likeness (QED) is 0.243. The number of hydrogen-bond acceptors (Lipinski definition) is 7. The first-order chi connectivity index (χ1) is 21.1. The van der Waals surface area contributed by atoms with Gasteiger partial charge in [-0.15, -0.1) is 0 Å². The van der Waals surface area contributed by atoms with Crippen LogP contribution in [0.15, 0.2) is 23.2 Å². The van der Waals surface area contributed by atoms with Gasteiger partial charge in [0.05, 0.1) is 44.2 Å². The molecule has 1 saturated heterocycles. The highest BCUT2D eigenvalue weighted by molar-refractivity contribution is 6.11. The number of rotatable bonds is 10. The number of carbonyl (C=O) groups is 2. The molecule has 0 aliphatic carbocycles. The van der Waals surface area contributed by atoms with Gasteiger partial charge < -0.3 is 28.7 Å². The SMILES string of the molecule is CCOc1cc2c(c(F)c1OCC)C(=NC(=O)C(F)(F)F)N(CC(=O)c1cc(N3CC[C@H](OC)C3)c(OC)c(C(C)(C)C)c1)C2. The van der Waals surface area contributed by atoms with Crippen LogP contribution in [0.1, 0.15) is 68.1 Å². The highest BCUT2D eigenvalue weighted by Crippen LogP contribution is 2.43. The number of benzene rings is 2. The van der Waals surface area contributed by atoms with Crippen molar-refractivity contribution >= 4 is 23.2 Å². The second-order valence-corrected chi connectivity index (χ2v) is 11.9. The summed E-state index contributed by atoms with van der Waals surface area (Å²) in [5.74, 6) is -4.16. The van der Waals surface area contributed by atoms with E-state index >= 15 is 4.39 Å². The second kappa shape index (κ2) is 13.2. The third kappa shape index (κ3) is 7.03. The Morgan fingerprint density at radius 3 is 2.27 bits per heavy atom. The third-order valence-electron chi connectivity index (χ3n) is 7.75. The normalized spacial score (nSPS) is 17.6. The number of nitrogens with zero attached hydrogens (tertiary/aromatic N) is 3. The van der Waals surface area contributed by atoms with E-state index in [-0.39, 0.29) is 54.1 Å². The molecule has 2 aromatic carbocycles. The first kappa shape index (κ1) is 34.0. The van der Waals surface area contributed by atoms with Gasteiger partial charge in [-0.3, -0.25) is 9.59 Å². The number of ether oxygens (including phenoxy) is 4. The minimum absolute atomic E-state index is 0.00162. The van der Waals surface area contributed by atoms with Crippen LogP contribution in [-0.2, 0) is 21.5 Å². The molecular formula is C32H39F4N3O6. The Morgan fingerprint density at radius 2 is 1.71 bits per heavy atom. The van der Waals surface area contributed by atoms with Crippen molar-refractivity contribution in [2.75, 3.05) is 52.0 Å². The zero-order valence-electron chi connectivity index (χ0n) is 26.6. The lowest BCUT2D eigenvalue weighted by Crippen LogP contribution is -2.34. The number of amidine groups is 1. The van der Waals surface area contributed by atoms with Gasteiger partial charge in [-0.25, -0.2) is 4.39 Å². The first-order valence-electron chi connectivity index (χ1n) is 14.7. The molecule has 45 heavy (non-hydrogen) atoms. The molecule has 0 unspecified atom stereocenters. The molecule has 1 amide bonds. The fraction of sp³-hybridized carbons (Fsp3) is 0.531. The van der Waals surface area contributed by atoms with E-state index in [1.807, 2.05) is 20.8 Å². The van der Waals surface area contributed by atoms with Gasteiger partial charge in [-0.2, -0.15) is 18.2 Å². The predicted molar refractivity (Wildman–Crippen MR) is 160 cm³/mol. The van der Waals surface area contributed by atoms with Crippen molar-refractivity contribution in [3.63, 3.8) is 0 Å². The zero-order valence-corrected chi connectivity index (χ0v) is 26.6. The molecule has 0 N–H and O–H groups in total. The molecular weight excluding hydrogens is 598 g/mol. The van der Waals surface area contributed by atoms with Crippen molar-refractivity contribution < 1.29 is 46.1 Å². The molecule has 9 nitrogen and oxygen atoms in total. The van der Waals surface area contributed by atoms with E-state index in [1.165, 1.54) is 11.0 Å². The number of alkyl halides is 3. The van der Waals surface area contributed by atoms with Crippen LogP contribution in [0.4, 0.5) is 23.2 Å². The molecule has 2 aromatic rings. The number of Topliss-reactive ketones (excluding diaryl/α,β-unsaturated/α-hetero) is 1. The van der Waals surface area contributed by atoms with E-state index in [9.17, 15) is 22.8 Å². The average molecular weight is 638 g/mol. The van der Waals surface area contributed by atoms with Crippen LogP contribution in [0.25, 0.3) is 0 Å². The van der Waals surface area contributed by atoms with Crippen molar-refractivity contribution in [2.24, 2.45) is 4.99 Å². The summed E-state index contributed by atoms with van der Waals surface area (Å²) >= 11 is 0. The molecule has 2 heterocycles. The number of ketones is 1. The highest BCUT2D eigenvalue weighted by atomic mass is 19.4. The summed E-state index contributed by atoms with van der Waals surface area (Å²) in [6, 6.07) is 4.83. The fourth-order valence-electron chi connectivity index (χ4n) is 5.61. The standard InChI is InChI=1S/C32H39F4N3O6/c1-8-44-24-14-19-15-39(29(37-30(41)32(34,35)36)25(19)26(33)28(24)45-9-2)17-23(40)18-12-21(31(3,4)5)27(43-7)22(13-18)38-11-10-20(16-38)42-6/h12-14,20H,8-11,15-17H2,1-7H3/t20-/m0/s1. The lowest BCUT2D eigenvalue weighted by Gasteiger charge is -2.29. The number of amides is 1. The van der Waals surface area contributed by atoms with Crippen LogP contribution >= 0.6 is 0 Å². The number of fused-ring (bicyclic) bond motifs is 1. The number of anilines is 1. The van der Waals surface area contributed by atoms with Gasteiger partial charge in [0, 0.05) is 37.9 Å². The number of hydrogen-bond donors (Lipinski definition) is 0. The second-order valence-electron chi connectivity index (χ2n) is 11.9. The van der Waals surface area contributed by atoms with E-state index in [1.54, 1.807) is 40.2 Å². The summed E-state index contributed by atoms with van der Waals surface area (Å²) in [6.07, 6.45) is -4.53. The Hall–Kier alpha value is -3.87. The largest absolute Gasteiger partial charge is 0.494 e. The van der Waals surface area contributed by atoms with Crippen molar-refractivity contribution in [3.8, 4) is 17.2 Å². The lowest BCUT2D eigenvalue weighted by atomic mass is 9.84. The smallest absolute Gasteiger partial charge is 0.473 e. The molecule has 0 bridgehead atoms. The maximum Gasteiger partial charge on any atom is 0.473 e. The topological polar surface area (TPSA) is 89.9 Å². The summed E-state index contributed by atoms with van der Waals surface area (Å²) in [4.78, 5) is 32.5.